The Hall–Kier alpha value is -2.98. The predicted octanol–water partition coefficient (Wildman–Crippen LogP) is 3.20. The molecule has 0 aliphatic carbocycles. The second-order valence-electron chi connectivity index (χ2n) is 8.03. The van der Waals surface area contributed by atoms with Gasteiger partial charge in [0.25, 0.3) is 0 Å². The third-order valence-electron chi connectivity index (χ3n) is 4.07. The number of aryl methyl sites for hydroxylation is 1. The fraction of sp³-hybridized carbons (Fsp3) is 0.364. The molecule has 0 bridgehead atoms. The maximum absolute atomic E-state index is 12.9. The Morgan fingerprint density at radius 3 is 2.38 bits per heavy atom. The molecule has 0 unspecified atom stereocenters. The van der Waals surface area contributed by atoms with Gasteiger partial charge in [0.2, 0.25) is 15.9 Å². The number of hydrogen-bond donors (Lipinski definition) is 3. The molecule has 2 amide bonds. The summed E-state index contributed by atoms with van der Waals surface area (Å²) in [7, 11) is -3.84. The van der Waals surface area contributed by atoms with E-state index in [-0.39, 0.29) is 36.1 Å². The Kier molecular flexibility index (Phi) is 8.73. The molecule has 0 saturated carbocycles. The van der Waals surface area contributed by atoms with E-state index in [1.165, 1.54) is 30.3 Å². The van der Waals surface area contributed by atoms with Gasteiger partial charge in [-0.2, -0.15) is 0 Å². The molecule has 0 heterocycles. The second-order valence-corrected chi connectivity index (χ2v) is 9.80. The summed E-state index contributed by atoms with van der Waals surface area (Å²) in [6.07, 6.45) is -0.0462. The highest BCUT2D eigenvalue weighted by atomic mass is 32.2. The van der Waals surface area contributed by atoms with Crippen LogP contribution < -0.4 is 15.4 Å². The lowest BCUT2D eigenvalue weighted by Gasteiger charge is -2.19. The van der Waals surface area contributed by atoms with Crippen LogP contribution in [0, 0.1) is 5.82 Å². The predicted molar refractivity (Wildman–Crippen MR) is 119 cm³/mol. The van der Waals surface area contributed by atoms with Gasteiger partial charge in [0, 0.05) is 25.2 Å². The van der Waals surface area contributed by atoms with E-state index in [9.17, 15) is 22.4 Å². The molecule has 10 heteroatoms. The normalized spacial score (nSPS) is 11.6. The van der Waals surface area contributed by atoms with Gasteiger partial charge in [0.1, 0.15) is 11.4 Å². The average molecular weight is 466 g/mol. The zero-order valence-electron chi connectivity index (χ0n) is 18.3. The first-order chi connectivity index (χ1) is 14.9. The molecule has 0 radical (unpaired) electrons. The van der Waals surface area contributed by atoms with E-state index in [1.54, 1.807) is 39.0 Å². The fourth-order valence-corrected chi connectivity index (χ4v) is 3.70. The van der Waals surface area contributed by atoms with Crippen molar-refractivity contribution in [2.75, 3.05) is 18.4 Å². The lowest BCUT2D eigenvalue weighted by Crippen LogP contribution is -2.37. The number of amides is 2. The van der Waals surface area contributed by atoms with E-state index in [2.05, 4.69) is 15.4 Å². The zero-order valence-corrected chi connectivity index (χ0v) is 19.1. The van der Waals surface area contributed by atoms with E-state index in [4.69, 9.17) is 4.74 Å². The van der Waals surface area contributed by atoms with Crippen LogP contribution in [0.4, 0.5) is 14.9 Å². The van der Waals surface area contributed by atoms with Crippen molar-refractivity contribution in [1.82, 2.24) is 10.0 Å². The maximum atomic E-state index is 12.9. The molecule has 3 N–H and O–H groups in total. The van der Waals surface area contributed by atoms with Crippen LogP contribution >= 0.6 is 0 Å². The molecule has 0 saturated heterocycles. The largest absolute Gasteiger partial charge is 0.444 e. The summed E-state index contributed by atoms with van der Waals surface area (Å²) >= 11 is 0. The Bertz CT molecular complexity index is 1030. The van der Waals surface area contributed by atoms with Crippen molar-refractivity contribution in [2.24, 2.45) is 0 Å². The summed E-state index contributed by atoms with van der Waals surface area (Å²) in [5.74, 6) is -0.635. The molecule has 0 atom stereocenters. The Morgan fingerprint density at radius 1 is 1.03 bits per heavy atom. The summed E-state index contributed by atoms with van der Waals surface area (Å²) in [5.41, 5.74) is 0.513. The van der Waals surface area contributed by atoms with Gasteiger partial charge in [-0.05, 0) is 63.1 Å². The molecular weight excluding hydrogens is 437 g/mol. The van der Waals surface area contributed by atoms with Crippen LogP contribution in [-0.2, 0) is 26.0 Å². The second kappa shape index (κ2) is 11.1. The third-order valence-corrected chi connectivity index (χ3v) is 5.53. The smallest absolute Gasteiger partial charge is 0.407 e. The Morgan fingerprint density at radius 2 is 1.72 bits per heavy atom. The van der Waals surface area contributed by atoms with Crippen LogP contribution in [-0.4, -0.2) is 39.1 Å². The van der Waals surface area contributed by atoms with Crippen molar-refractivity contribution in [3.05, 3.63) is 59.9 Å². The number of alkyl carbamates (subject to hydrolysis) is 1. The molecule has 32 heavy (non-hydrogen) atoms. The molecule has 2 aromatic rings. The number of halogens is 1. The quantitative estimate of drug-likeness (QED) is 0.492. The van der Waals surface area contributed by atoms with Crippen molar-refractivity contribution in [1.29, 1.82) is 0 Å². The number of carbonyl (C=O) groups is 2. The Labute approximate surface area is 187 Å². The van der Waals surface area contributed by atoms with Crippen molar-refractivity contribution in [3.8, 4) is 0 Å². The highest BCUT2D eigenvalue weighted by Gasteiger charge is 2.17. The maximum Gasteiger partial charge on any atom is 0.407 e. The van der Waals surface area contributed by atoms with Gasteiger partial charge in [-0.15, -0.1) is 0 Å². The monoisotopic (exact) mass is 465 g/mol. The zero-order chi connectivity index (χ0) is 23.8. The molecule has 2 rings (SSSR count). The summed E-state index contributed by atoms with van der Waals surface area (Å²) in [6, 6.07) is 11.7. The summed E-state index contributed by atoms with van der Waals surface area (Å²) in [5, 5.41) is 5.13. The molecule has 0 aromatic heterocycles. The fourth-order valence-electron chi connectivity index (χ4n) is 2.62. The molecular formula is C22H28FN3O5S. The van der Waals surface area contributed by atoms with E-state index >= 15 is 0 Å². The topological polar surface area (TPSA) is 114 Å². The molecule has 0 aliphatic rings. The van der Waals surface area contributed by atoms with Gasteiger partial charge in [-0.1, -0.05) is 18.2 Å². The molecule has 174 valence electrons. The van der Waals surface area contributed by atoms with Gasteiger partial charge in [0.15, 0.2) is 0 Å². The molecule has 8 nitrogen and oxygen atoms in total. The number of benzene rings is 2. The van der Waals surface area contributed by atoms with Gasteiger partial charge >= 0.3 is 6.09 Å². The van der Waals surface area contributed by atoms with E-state index in [1.807, 2.05) is 0 Å². The number of nitrogens with one attached hydrogen (secondary N) is 3. The Balaban J connectivity index is 1.85. The highest BCUT2D eigenvalue weighted by molar-refractivity contribution is 7.89. The van der Waals surface area contributed by atoms with Crippen LogP contribution in [0.1, 0.15) is 32.8 Å². The summed E-state index contributed by atoms with van der Waals surface area (Å²) in [4.78, 5) is 23.8. The first-order valence-corrected chi connectivity index (χ1v) is 11.5. The lowest BCUT2D eigenvalue weighted by molar-refractivity contribution is -0.116. The van der Waals surface area contributed by atoms with E-state index in [0.29, 0.717) is 12.1 Å². The number of sulfonamides is 1. The van der Waals surface area contributed by atoms with Crippen LogP contribution in [0.2, 0.25) is 0 Å². The van der Waals surface area contributed by atoms with Crippen LogP contribution in [0.3, 0.4) is 0 Å². The van der Waals surface area contributed by atoms with Crippen molar-refractivity contribution >= 4 is 27.7 Å². The molecule has 0 spiro atoms. The van der Waals surface area contributed by atoms with Gasteiger partial charge < -0.3 is 15.4 Å². The van der Waals surface area contributed by atoms with Crippen molar-refractivity contribution in [2.45, 2.75) is 44.1 Å². The van der Waals surface area contributed by atoms with Crippen LogP contribution in [0.25, 0.3) is 0 Å². The first-order valence-electron chi connectivity index (χ1n) is 10.1. The highest BCUT2D eigenvalue weighted by Crippen LogP contribution is 2.16. The standard InChI is InChI=1S/C22H28FN3O5S/c1-22(2,3)31-21(28)24-13-14-25-32(29,30)19-6-4-5-18(15-19)26-20(27)12-9-16-7-10-17(23)11-8-16/h4-8,10-11,15,25H,9,12-14H2,1-3H3,(H,24,28)(H,26,27). The van der Waals surface area contributed by atoms with Gasteiger partial charge in [-0.3, -0.25) is 4.79 Å². The van der Waals surface area contributed by atoms with Gasteiger partial charge in [-0.25, -0.2) is 22.3 Å². The number of carbonyl (C=O) groups excluding carboxylic acids is 2. The molecule has 2 aromatic carbocycles. The number of ether oxygens (including phenoxy) is 1. The van der Waals surface area contributed by atoms with Crippen molar-refractivity contribution < 1.29 is 27.1 Å². The minimum Gasteiger partial charge on any atom is -0.444 e. The van der Waals surface area contributed by atoms with Gasteiger partial charge in [0.05, 0.1) is 4.90 Å². The number of hydrogen-bond acceptors (Lipinski definition) is 5. The van der Waals surface area contributed by atoms with E-state index in [0.717, 1.165) is 5.56 Å². The summed E-state index contributed by atoms with van der Waals surface area (Å²) < 4.78 is 45.4. The number of rotatable bonds is 9. The first kappa shape index (κ1) is 25.3. The lowest BCUT2D eigenvalue weighted by atomic mass is 10.1. The summed E-state index contributed by atoms with van der Waals surface area (Å²) in [6.45, 7) is 5.20. The molecule has 0 fully saturated rings. The van der Waals surface area contributed by atoms with Crippen LogP contribution in [0.5, 0.6) is 0 Å². The third kappa shape index (κ3) is 9.03. The average Bonchev–Trinajstić information content (AvgIpc) is 2.70. The van der Waals surface area contributed by atoms with E-state index < -0.39 is 21.7 Å². The molecule has 0 aliphatic heterocycles. The number of anilines is 1. The van der Waals surface area contributed by atoms with Crippen molar-refractivity contribution in [3.63, 3.8) is 0 Å². The minimum atomic E-state index is -3.84. The SMILES string of the molecule is CC(C)(C)OC(=O)NCCNS(=O)(=O)c1cccc(NC(=O)CCc2ccc(F)cc2)c1. The minimum absolute atomic E-state index is 0.0221. The van der Waals surface area contributed by atoms with Crippen LogP contribution in [0.15, 0.2) is 53.4 Å².